The summed E-state index contributed by atoms with van der Waals surface area (Å²) in [7, 11) is 0. The Morgan fingerprint density at radius 1 is 0.350 bits per heavy atom. The van der Waals surface area contributed by atoms with Crippen LogP contribution in [0.3, 0.4) is 0 Å². The molecule has 0 radical (unpaired) electrons. The van der Waals surface area contributed by atoms with E-state index in [4.69, 9.17) is 15.1 Å². The zero-order valence-electron chi connectivity index (χ0n) is 34.9. The van der Waals surface area contributed by atoms with Crippen LogP contribution in [0.15, 0.2) is 157 Å². The van der Waals surface area contributed by atoms with E-state index in [-0.39, 0.29) is 80.5 Å². The molecule has 0 fully saturated rings. The average molecular weight is 521 g/mol. The summed E-state index contributed by atoms with van der Waals surface area (Å²) in [6.07, 6.45) is 0. The van der Waals surface area contributed by atoms with Crippen molar-refractivity contribution in [3.8, 4) is 33.4 Å². The molecule has 0 amide bonds. The van der Waals surface area contributed by atoms with Crippen LogP contribution < -0.4 is 0 Å². The van der Waals surface area contributed by atoms with E-state index in [0.717, 1.165) is 0 Å². The van der Waals surface area contributed by atoms with Crippen molar-refractivity contribution in [2.75, 3.05) is 0 Å². The van der Waals surface area contributed by atoms with Gasteiger partial charge in [0.1, 0.15) is 0 Å². The second-order valence-corrected chi connectivity index (χ2v) is 9.37. The topological polar surface area (TPSA) is 0 Å². The Bertz CT molecular complexity index is 2970. The molecule has 0 saturated heterocycles. The summed E-state index contributed by atoms with van der Waals surface area (Å²) in [5.41, 5.74) is 1.73. The van der Waals surface area contributed by atoms with E-state index in [9.17, 15) is 4.11 Å². The molecule has 186 valence electrons. The number of hydrogen-bond acceptors (Lipinski definition) is 0. The molecular weight excluding hydrogens is 480 g/mol. The maximum atomic E-state index is 9.26. The average Bonchev–Trinajstić information content (AvgIpc) is 3.15. The lowest BCUT2D eigenvalue weighted by atomic mass is 9.84. The van der Waals surface area contributed by atoms with Crippen molar-refractivity contribution in [2.24, 2.45) is 0 Å². The van der Waals surface area contributed by atoms with Crippen molar-refractivity contribution >= 4 is 43.1 Å². The fraction of sp³-hybridized carbons (Fsp3) is 0. The van der Waals surface area contributed by atoms with Crippen LogP contribution in [0.2, 0.25) is 0 Å². The summed E-state index contributed by atoms with van der Waals surface area (Å²) < 4.78 is 122. The minimum atomic E-state index is -0.558. The molecular formula is C40H26. The molecule has 0 aliphatic heterocycles. The number of hydrogen-bond donors (Lipinski definition) is 0. The lowest BCUT2D eigenvalue weighted by Crippen LogP contribution is -1.92. The van der Waals surface area contributed by atoms with Crippen LogP contribution in [0, 0.1) is 0 Å². The number of benzene rings is 8. The van der Waals surface area contributed by atoms with Crippen LogP contribution in [-0.2, 0) is 0 Å². The Hall–Kier alpha value is -5.20. The fourth-order valence-corrected chi connectivity index (χ4v) is 5.53. The summed E-state index contributed by atoms with van der Waals surface area (Å²) in [6.45, 7) is 0. The summed E-state index contributed by atoms with van der Waals surface area (Å²) in [6, 6.07) is 14.9. The van der Waals surface area contributed by atoms with E-state index in [1.165, 1.54) is 12.1 Å². The molecule has 0 saturated carbocycles. The van der Waals surface area contributed by atoms with Gasteiger partial charge in [-0.15, -0.1) is 0 Å². The highest BCUT2D eigenvalue weighted by Crippen LogP contribution is 2.46. The highest BCUT2D eigenvalue weighted by molar-refractivity contribution is 6.24. The standard InChI is InChI=1S/C40H26/c1-2-13-28(14-3-1)39-35-16-6-8-18-37(35)40(38-19-9-7-17-36(38)39)34-23-11-21-32-31(20-10-22-33(32)34)30-25-24-27-12-4-5-15-29(27)26-30/h1-26H/i1D,4D,5D,6D,8D,12D,13D,14D,15D,16D,18D,24D,25D,26D. The molecule has 0 spiro atoms. The number of rotatable bonds is 3. The molecule has 40 heavy (non-hydrogen) atoms. The third-order valence-electron chi connectivity index (χ3n) is 7.21. The fourth-order valence-electron chi connectivity index (χ4n) is 5.53. The van der Waals surface area contributed by atoms with Crippen molar-refractivity contribution in [1.29, 1.82) is 0 Å². The Morgan fingerprint density at radius 2 is 0.950 bits per heavy atom. The minimum Gasteiger partial charge on any atom is -0.0622 e. The lowest BCUT2D eigenvalue weighted by molar-refractivity contribution is 1.65. The lowest BCUT2D eigenvalue weighted by Gasteiger charge is -2.19. The van der Waals surface area contributed by atoms with Crippen molar-refractivity contribution in [1.82, 2.24) is 0 Å². The van der Waals surface area contributed by atoms with Gasteiger partial charge in [0.15, 0.2) is 0 Å². The Labute approximate surface area is 253 Å². The summed E-state index contributed by atoms with van der Waals surface area (Å²) in [4.78, 5) is 0. The molecule has 0 unspecified atom stereocenters. The van der Waals surface area contributed by atoms with Gasteiger partial charge < -0.3 is 0 Å². The highest BCUT2D eigenvalue weighted by Gasteiger charge is 2.18. The van der Waals surface area contributed by atoms with Crippen molar-refractivity contribution in [3.63, 3.8) is 0 Å². The normalized spacial score (nSPS) is 16.4. The van der Waals surface area contributed by atoms with Crippen molar-refractivity contribution in [2.45, 2.75) is 0 Å². The quantitative estimate of drug-likeness (QED) is 0.203. The first-order valence-corrected chi connectivity index (χ1v) is 12.7. The molecule has 0 nitrogen and oxygen atoms in total. The Kier molecular flexibility index (Phi) is 2.94. The van der Waals surface area contributed by atoms with E-state index in [0.29, 0.717) is 38.2 Å². The molecule has 0 heterocycles. The van der Waals surface area contributed by atoms with Gasteiger partial charge >= 0.3 is 0 Å². The first-order chi connectivity index (χ1) is 25.7. The predicted molar refractivity (Wildman–Crippen MR) is 173 cm³/mol. The minimum absolute atomic E-state index is 0.00365. The van der Waals surface area contributed by atoms with Crippen LogP contribution in [-0.4, -0.2) is 0 Å². The third-order valence-corrected chi connectivity index (χ3v) is 7.21. The molecule has 0 bridgehead atoms. The molecule has 0 atom stereocenters. The summed E-state index contributed by atoms with van der Waals surface area (Å²) >= 11 is 0. The molecule has 8 rings (SSSR count). The van der Waals surface area contributed by atoms with Gasteiger partial charge in [0.05, 0.1) is 19.2 Å². The van der Waals surface area contributed by atoms with E-state index in [2.05, 4.69) is 0 Å². The van der Waals surface area contributed by atoms with E-state index < -0.39 is 42.3 Å². The second kappa shape index (κ2) is 9.22. The molecule has 0 aromatic heterocycles. The Balaban J connectivity index is 1.55. The predicted octanol–water partition coefficient (Wildman–Crippen LogP) is 11.3. The highest BCUT2D eigenvalue weighted by atomic mass is 14.2. The van der Waals surface area contributed by atoms with Gasteiger partial charge in [0.25, 0.3) is 0 Å². The smallest absolute Gasteiger partial charge is 0.0622 e. The van der Waals surface area contributed by atoms with E-state index in [1.54, 1.807) is 60.7 Å². The van der Waals surface area contributed by atoms with E-state index >= 15 is 0 Å². The van der Waals surface area contributed by atoms with Gasteiger partial charge in [-0.25, -0.2) is 0 Å². The van der Waals surface area contributed by atoms with Crippen LogP contribution >= 0.6 is 0 Å². The molecule has 0 N–H and O–H groups in total. The zero-order chi connectivity index (χ0) is 38.7. The van der Waals surface area contributed by atoms with Gasteiger partial charge in [0.2, 0.25) is 0 Å². The largest absolute Gasteiger partial charge is 0.0636 e. The Morgan fingerprint density at radius 3 is 1.73 bits per heavy atom. The van der Waals surface area contributed by atoms with Crippen molar-refractivity contribution < 1.29 is 19.2 Å². The zero-order valence-corrected chi connectivity index (χ0v) is 20.9. The molecule has 0 aliphatic carbocycles. The summed E-state index contributed by atoms with van der Waals surface area (Å²) in [5.74, 6) is 0. The van der Waals surface area contributed by atoms with Crippen LogP contribution in [0.1, 0.15) is 19.2 Å². The van der Waals surface area contributed by atoms with Gasteiger partial charge in [0, 0.05) is 0 Å². The molecule has 8 aromatic rings. The van der Waals surface area contributed by atoms with Crippen molar-refractivity contribution in [3.05, 3.63) is 157 Å². The maximum absolute atomic E-state index is 9.26. The maximum Gasteiger partial charge on any atom is 0.0636 e. The molecule has 8 aromatic carbocycles. The van der Waals surface area contributed by atoms with Crippen LogP contribution in [0.5, 0.6) is 0 Å². The van der Waals surface area contributed by atoms with Gasteiger partial charge in [-0.3, -0.25) is 0 Å². The molecule has 0 heteroatoms. The number of fused-ring (bicyclic) bond motifs is 4. The van der Waals surface area contributed by atoms with Crippen LogP contribution in [0.4, 0.5) is 0 Å². The van der Waals surface area contributed by atoms with Gasteiger partial charge in [-0.1, -0.05) is 151 Å². The first kappa shape index (κ1) is 12.8. The monoisotopic (exact) mass is 520 g/mol. The van der Waals surface area contributed by atoms with Crippen LogP contribution in [0.25, 0.3) is 76.5 Å². The SMILES string of the molecule is [2H]c1cc([2H])c(-c2c3ccccc3c(-c3cccc4c(-c5c([2H])c([2H])c6c([2H])c([2H])c([2H])c([2H])c6c5[2H])cccc34)c3c([2H])c([2H])c([2H])c([2H])c23)c([2H])c1. The van der Waals surface area contributed by atoms with Gasteiger partial charge in [-0.05, 0) is 82.5 Å². The third kappa shape index (κ3) is 3.54. The molecule has 0 aliphatic rings. The van der Waals surface area contributed by atoms with Gasteiger partial charge in [-0.2, -0.15) is 0 Å². The summed E-state index contributed by atoms with van der Waals surface area (Å²) in [5, 5.41) is 2.04. The van der Waals surface area contributed by atoms with E-state index in [1.807, 2.05) is 0 Å². The first-order valence-electron chi connectivity index (χ1n) is 19.7. The second-order valence-electron chi connectivity index (χ2n) is 9.37.